The van der Waals surface area contributed by atoms with Crippen molar-refractivity contribution in [1.82, 2.24) is 5.32 Å². The molecule has 1 aliphatic rings. The van der Waals surface area contributed by atoms with Crippen molar-refractivity contribution in [2.45, 2.75) is 25.5 Å². The van der Waals surface area contributed by atoms with Gasteiger partial charge in [-0.05, 0) is 34.2 Å². The maximum absolute atomic E-state index is 11.9. The molecule has 3 N–H and O–H groups in total. The number of carbonyl (C=O) groups is 3. The van der Waals surface area contributed by atoms with E-state index in [1.54, 1.807) is 0 Å². The Morgan fingerprint density at radius 2 is 1.92 bits per heavy atom. The SMILES string of the molecule is [2H]OC(=O)C[C@H](NC(=O)OCc1cccc2c1Cc1ccccc1-2)C(=O)O. The highest BCUT2D eigenvalue weighted by atomic mass is 16.5. The summed E-state index contributed by atoms with van der Waals surface area (Å²) in [6, 6.07) is 12.3. The summed E-state index contributed by atoms with van der Waals surface area (Å²) < 4.78 is 11.6. The van der Waals surface area contributed by atoms with E-state index >= 15 is 0 Å². The number of nitrogens with one attached hydrogen (secondary N) is 1. The first-order valence-corrected chi connectivity index (χ1v) is 8.00. The lowest BCUT2D eigenvalue weighted by molar-refractivity contribution is -0.145. The molecule has 0 aromatic heterocycles. The van der Waals surface area contributed by atoms with Crippen LogP contribution in [-0.4, -0.2) is 34.3 Å². The fourth-order valence-electron chi connectivity index (χ4n) is 3.05. The molecule has 7 nitrogen and oxygen atoms in total. The third kappa shape index (κ3) is 3.66. The van der Waals surface area contributed by atoms with E-state index in [0.717, 1.165) is 28.7 Å². The van der Waals surface area contributed by atoms with E-state index in [4.69, 9.17) is 11.3 Å². The van der Waals surface area contributed by atoms with Crippen molar-refractivity contribution in [3.63, 3.8) is 0 Å². The maximum Gasteiger partial charge on any atom is 0.408 e. The van der Waals surface area contributed by atoms with Crippen LogP contribution in [0.2, 0.25) is 0 Å². The minimum atomic E-state index is -1.53. The molecule has 0 aliphatic heterocycles. The summed E-state index contributed by atoms with van der Waals surface area (Å²) in [6.07, 6.45) is -0.891. The molecule has 2 aromatic carbocycles. The van der Waals surface area contributed by atoms with E-state index in [9.17, 15) is 14.4 Å². The molecular weight excluding hydrogens is 338 g/mol. The third-order valence-corrected chi connectivity index (χ3v) is 4.27. The van der Waals surface area contributed by atoms with Crippen LogP contribution >= 0.6 is 0 Å². The standard InChI is InChI=1S/C19H17NO6/c21-17(22)9-16(18(23)24)20-19(25)26-10-12-5-3-7-14-13-6-2-1-4-11(13)8-15(12)14/h1-7,16H,8-10H2,(H,20,25)(H,21,22)(H,23,24)/t16-/m0/s1/i/hD. The van der Waals surface area contributed by atoms with Gasteiger partial charge in [0.15, 0.2) is 0 Å². The Labute approximate surface area is 150 Å². The number of ether oxygens (including phenoxy) is 1. The lowest BCUT2D eigenvalue weighted by Crippen LogP contribution is -2.42. The number of fused-ring (bicyclic) bond motifs is 3. The molecule has 26 heavy (non-hydrogen) atoms. The van der Waals surface area contributed by atoms with Gasteiger partial charge in [-0.15, -0.1) is 0 Å². The topological polar surface area (TPSA) is 113 Å². The van der Waals surface area contributed by atoms with Gasteiger partial charge in [0.25, 0.3) is 1.43 Å². The molecule has 2 aromatic rings. The molecule has 0 fully saturated rings. The number of hydrogen-bond donors (Lipinski definition) is 3. The van der Waals surface area contributed by atoms with Crippen LogP contribution in [0.4, 0.5) is 4.79 Å². The zero-order chi connectivity index (χ0) is 19.4. The second-order valence-electron chi connectivity index (χ2n) is 5.96. The van der Waals surface area contributed by atoms with Crippen LogP contribution in [0.15, 0.2) is 42.5 Å². The predicted octanol–water partition coefficient (Wildman–Crippen LogP) is 2.41. The van der Waals surface area contributed by atoms with Crippen LogP contribution in [0.5, 0.6) is 0 Å². The summed E-state index contributed by atoms with van der Waals surface area (Å²) in [7, 11) is 0. The lowest BCUT2D eigenvalue weighted by atomic mass is 10.0. The Bertz CT molecular complexity index is 898. The number of carbonyl (C=O) groups excluding carboxylic acids is 1. The molecule has 7 heteroatoms. The lowest BCUT2D eigenvalue weighted by Gasteiger charge is -2.14. The number of aliphatic carboxylic acids is 2. The minimum Gasteiger partial charge on any atom is -0.481 e. The highest BCUT2D eigenvalue weighted by Crippen LogP contribution is 2.38. The van der Waals surface area contributed by atoms with E-state index in [1.807, 2.05) is 36.4 Å². The molecule has 1 atom stereocenters. The average Bonchev–Trinajstić information content (AvgIpc) is 3.05. The van der Waals surface area contributed by atoms with E-state index < -0.39 is 30.5 Å². The van der Waals surface area contributed by atoms with Gasteiger partial charge in [0.05, 0.1) is 6.42 Å². The van der Waals surface area contributed by atoms with Crippen LogP contribution in [0.1, 0.15) is 23.1 Å². The molecule has 0 saturated carbocycles. The van der Waals surface area contributed by atoms with Crippen molar-refractivity contribution >= 4 is 18.0 Å². The van der Waals surface area contributed by atoms with Crippen molar-refractivity contribution in [2.75, 3.05) is 0 Å². The van der Waals surface area contributed by atoms with Crippen molar-refractivity contribution in [1.29, 1.82) is 1.43 Å². The van der Waals surface area contributed by atoms with Crippen LogP contribution in [0.25, 0.3) is 12.6 Å². The van der Waals surface area contributed by atoms with E-state index in [0.29, 0.717) is 0 Å². The Balaban J connectivity index is 1.65. The van der Waals surface area contributed by atoms with Crippen molar-refractivity contribution in [3.8, 4) is 11.1 Å². The number of rotatable bonds is 6. The summed E-state index contributed by atoms with van der Waals surface area (Å²) in [6.45, 7) is -0.0295. The quantitative estimate of drug-likeness (QED) is 0.625. The van der Waals surface area contributed by atoms with Crippen LogP contribution in [-0.2, 0) is 27.4 Å². The molecule has 0 radical (unpaired) electrons. The molecule has 1 aliphatic carbocycles. The monoisotopic (exact) mass is 356 g/mol. The summed E-state index contributed by atoms with van der Waals surface area (Å²) in [5.41, 5.74) is 5.34. The summed E-state index contributed by atoms with van der Waals surface area (Å²) in [5, 5.41) is 14.8. The number of alkyl carbamates (subject to hydrolysis) is 1. The number of carboxylic acids is 2. The Morgan fingerprint density at radius 1 is 1.15 bits per heavy atom. The van der Waals surface area contributed by atoms with Gasteiger partial charge in [-0.2, -0.15) is 0 Å². The molecule has 0 bridgehead atoms. The van der Waals surface area contributed by atoms with Gasteiger partial charge in [-0.3, -0.25) is 4.79 Å². The van der Waals surface area contributed by atoms with Crippen molar-refractivity contribution in [2.24, 2.45) is 0 Å². The second-order valence-corrected chi connectivity index (χ2v) is 5.96. The molecule has 134 valence electrons. The van der Waals surface area contributed by atoms with Gasteiger partial charge in [-0.1, -0.05) is 42.5 Å². The number of benzene rings is 2. The molecule has 3 rings (SSSR count). The normalized spacial score (nSPS) is 13.0. The van der Waals surface area contributed by atoms with Crippen LogP contribution < -0.4 is 5.32 Å². The maximum atomic E-state index is 11.9. The Kier molecular flexibility index (Phi) is 4.51. The first-order chi connectivity index (χ1) is 13.0. The number of amides is 1. The molecule has 0 spiro atoms. The first-order valence-electron chi connectivity index (χ1n) is 8.41. The Hall–Kier alpha value is -3.35. The van der Waals surface area contributed by atoms with Gasteiger partial charge in [0.2, 0.25) is 0 Å². The summed E-state index contributed by atoms with van der Waals surface area (Å²) >= 11 is 0. The summed E-state index contributed by atoms with van der Waals surface area (Å²) in [5.74, 6) is -2.49. The zero-order valence-corrected chi connectivity index (χ0v) is 13.7. The number of carboxylic acid groups (broad SMARTS) is 2. The van der Waals surface area contributed by atoms with Gasteiger partial charge in [0, 0.05) is 0 Å². The molecule has 1 amide bonds. The van der Waals surface area contributed by atoms with Gasteiger partial charge in [0.1, 0.15) is 12.6 Å². The van der Waals surface area contributed by atoms with Crippen LogP contribution in [0, 0.1) is 0 Å². The van der Waals surface area contributed by atoms with Gasteiger partial charge < -0.3 is 20.3 Å². The highest BCUT2D eigenvalue weighted by Gasteiger charge is 2.24. The van der Waals surface area contributed by atoms with Gasteiger partial charge >= 0.3 is 18.0 Å². The average molecular weight is 356 g/mol. The molecule has 0 heterocycles. The van der Waals surface area contributed by atoms with E-state index in [-0.39, 0.29) is 6.61 Å². The summed E-state index contributed by atoms with van der Waals surface area (Å²) in [4.78, 5) is 34.1. The highest BCUT2D eigenvalue weighted by molar-refractivity contribution is 5.84. The van der Waals surface area contributed by atoms with E-state index in [1.165, 1.54) is 5.56 Å². The first kappa shape index (κ1) is 16.1. The van der Waals surface area contributed by atoms with Crippen LogP contribution in [0.3, 0.4) is 0 Å². The van der Waals surface area contributed by atoms with E-state index in [2.05, 4.69) is 16.5 Å². The second kappa shape index (κ2) is 7.26. The predicted molar refractivity (Wildman–Crippen MR) is 91.7 cm³/mol. The van der Waals surface area contributed by atoms with Crippen molar-refractivity contribution < 1.29 is 29.3 Å². The smallest absolute Gasteiger partial charge is 0.408 e. The molecular formula is C19H17NO6. The van der Waals surface area contributed by atoms with Gasteiger partial charge in [-0.25, -0.2) is 9.59 Å². The zero-order valence-electron chi connectivity index (χ0n) is 14.7. The minimum absolute atomic E-state index is 0.0295. The number of hydrogen-bond acceptors (Lipinski definition) is 5. The molecule has 0 unspecified atom stereocenters. The molecule has 0 saturated heterocycles. The Morgan fingerprint density at radius 3 is 2.69 bits per heavy atom. The third-order valence-electron chi connectivity index (χ3n) is 4.27. The largest absolute Gasteiger partial charge is 0.481 e. The fraction of sp³-hybridized carbons (Fsp3) is 0.211. The van der Waals surface area contributed by atoms with Crippen molar-refractivity contribution in [3.05, 3.63) is 59.2 Å². The fourth-order valence-corrected chi connectivity index (χ4v) is 3.05.